The smallest absolute Gasteiger partial charge is 0.243 e. The lowest BCUT2D eigenvalue weighted by atomic mass is 10.1. The lowest BCUT2D eigenvalue weighted by Gasteiger charge is -2.39. The van der Waals surface area contributed by atoms with Crippen molar-refractivity contribution < 1.29 is 13.5 Å². The molecule has 150 valence electrons. The molecule has 2 aliphatic heterocycles. The maximum absolute atomic E-state index is 13.1. The van der Waals surface area contributed by atoms with E-state index >= 15 is 0 Å². The number of piperazine rings is 1. The average molecular weight is 403 g/mol. The first kappa shape index (κ1) is 19.3. The summed E-state index contributed by atoms with van der Waals surface area (Å²) in [5.74, 6) is 0.177. The van der Waals surface area contributed by atoms with Gasteiger partial charge in [0.05, 0.1) is 10.6 Å². The summed E-state index contributed by atoms with van der Waals surface area (Å²) < 4.78 is 28.0. The van der Waals surface area contributed by atoms with E-state index in [-0.39, 0.29) is 17.8 Å². The predicted octanol–water partition coefficient (Wildman–Crippen LogP) is 1.33. The summed E-state index contributed by atoms with van der Waals surface area (Å²) in [6.07, 6.45) is 0.864. The summed E-state index contributed by atoms with van der Waals surface area (Å²) in [6, 6.07) is 12.2. The van der Waals surface area contributed by atoms with Gasteiger partial charge in [-0.1, -0.05) is 18.2 Å². The lowest BCUT2D eigenvalue weighted by Crippen LogP contribution is -2.57. The Morgan fingerprint density at radius 1 is 1.18 bits per heavy atom. The number of hydrogen-bond acceptors (Lipinski definition) is 6. The summed E-state index contributed by atoms with van der Waals surface area (Å²) in [5.41, 5.74) is 1.47. The first-order valence-electron chi connectivity index (χ1n) is 9.62. The second-order valence-electron chi connectivity index (χ2n) is 7.53. The standard InChI is InChI=1S/C20H26N4O3S/c1-15-7-8-20(25)19(22-15)12-21-11-17-14-24(16-9-10-23(17)13-16)28(26,27)18-5-3-2-4-6-18/h2-8,16-17,21,25H,9-14H2,1H3/t16-,17-/m0/s1. The number of nitrogens with one attached hydrogen (secondary N) is 1. The van der Waals surface area contributed by atoms with Gasteiger partial charge in [-0.15, -0.1) is 0 Å². The topological polar surface area (TPSA) is 85.8 Å². The van der Waals surface area contributed by atoms with Gasteiger partial charge in [0, 0.05) is 50.5 Å². The number of nitrogens with zero attached hydrogens (tertiary/aromatic N) is 3. The second kappa shape index (κ2) is 7.79. The van der Waals surface area contributed by atoms with Crippen LogP contribution in [0.5, 0.6) is 5.75 Å². The fraction of sp³-hybridized carbons (Fsp3) is 0.450. The number of rotatable bonds is 6. The molecule has 0 radical (unpaired) electrons. The summed E-state index contributed by atoms with van der Waals surface area (Å²) in [6.45, 7) is 5.14. The number of aromatic hydroxyl groups is 1. The van der Waals surface area contributed by atoms with Gasteiger partial charge in [-0.2, -0.15) is 4.31 Å². The van der Waals surface area contributed by atoms with Crippen LogP contribution < -0.4 is 5.32 Å². The predicted molar refractivity (Wildman–Crippen MR) is 106 cm³/mol. The highest BCUT2D eigenvalue weighted by molar-refractivity contribution is 7.89. The molecule has 2 fully saturated rings. The van der Waals surface area contributed by atoms with Crippen LogP contribution in [0, 0.1) is 6.92 Å². The molecule has 2 saturated heterocycles. The fourth-order valence-electron chi connectivity index (χ4n) is 4.11. The van der Waals surface area contributed by atoms with Crippen molar-refractivity contribution in [3.8, 4) is 5.75 Å². The summed E-state index contributed by atoms with van der Waals surface area (Å²) in [5, 5.41) is 13.3. The third-order valence-electron chi connectivity index (χ3n) is 5.62. The van der Waals surface area contributed by atoms with Crippen molar-refractivity contribution in [1.29, 1.82) is 0 Å². The highest BCUT2D eigenvalue weighted by Crippen LogP contribution is 2.30. The molecule has 2 aromatic rings. The van der Waals surface area contributed by atoms with Gasteiger partial charge in [0.1, 0.15) is 5.75 Å². The van der Waals surface area contributed by atoms with Crippen molar-refractivity contribution in [3.05, 3.63) is 53.9 Å². The number of hydrogen-bond donors (Lipinski definition) is 2. The van der Waals surface area contributed by atoms with Crippen molar-refractivity contribution in [2.24, 2.45) is 0 Å². The van der Waals surface area contributed by atoms with Gasteiger partial charge in [-0.3, -0.25) is 9.88 Å². The van der Waals surface area contributed by atoms with Crippen LogP contribution in [0.3, 0.4) is 0 Å². The van der Waals surface area contributed by atoms with Crippen molar-refractivity contribution in [3.63, 3.8) is 0 Å². The molecule has 8 heteroatoms. The highest BCUT2D eigenvalue weighted by atomic mass is 32.2. The summed E-state index contributed by atoms with van der Waals surface area (Å²) in [4.78, 5) is 7.08. The Kier molecular flexibility index (Phi) is 5.37. The van der Waals surface area contributed by atoms with Crippen LogP contribution in [0.2, 0.25) is 0 Å². The van der Waals surface area contributed by atoms with E-state index in [2.05, 4.69) is 15.2 Å². The van der Waals surface area contributed by atoms with Gasteiger partial charge < -0.3 is 10.4 Å². The van der Waals surface area contributed by atoms with Crippen molar-refractivity contribution in [2.75, 3.05) is 26.2 Å². The monoisotopic (exact) mass is 402 g/mol. The van der Waals surface area contributed by atoms with Gasteiger partial charge in [0.25, 0.3) is 0 Å². The Bertz CT molecular complexity index is 936. The Balaban J connectivity index is 1.45. The number of fused-ring (bicyclic) bond motifs is 2. The fourth-order valence-corrected chi connectivity index (χ4v) is 5.82. The summed E-state index contributed by atoms with van der Waals surface area (Å²) >= 11 is 0. The molecule has 2 aliphatic rings. The number of pyridine rings is 1. The van der Waals surface area contributed by atoms with Crippen LogP contribution in [0.4, 0.5) is 0 Å². The van der Waals surface area contributed by atoms with E-state index in [0.29, 0.717) is 30.2 Å². The Hall–Kier alpha value is -2.00. The molecule has 28 heavy (non-hydrogen) atoms. The van der Waals surface area contributed by atoms with Crippen LogP contribution in [0.1, 0.15) is 17.8 Å². The number of aryl methyl sites for hydroxylation is 1. The van der Waals surface area contributed by atoms with E-state index in [1.165, 1.54) is 0 Å². The van der Waals surface area contributed by atoms with Gasteiger partial charge in [-0.25, -0.2) is 8.42 Å². The molecule has 2 bridgehead atoms. The molecule has 2 N–H and O–H groups in total. The van der Waals surface area contributed by atoms with Gasteiger partial charge in [0.15, 0.2) is 0 Å². The molecule has 1 unspecified atom stereocenters. The Morgan fingerprint density at radius 2 is 1.96 bits per heavy atom. The average Bonchev–Trinajstić information content (AvgIpc) is 3.10. The molecule has 0 amide bonds. The van der Waals surface area contributed by atoms with Gasteiger partial charge in [-0.05, 0) is 37.6 Å². The SMILES string of the molecule is Cc1ccc(O)c(CNC[C@H]2CN(S(=O)(=O)c3ccccc3)[C@H]3CCN2C3)n1. The lowest BCUT2D eigenvalue weighted by molar-refractivity contribution is 0.141. The molecule has 3 atom stereocenters. The first-order chi connectivity index (χ1) is 13.4. The van der Waals surface area contributed by atoms with Gasteiger partial charge >= 0.3 is 0 Å². The molecule has 0 spiro atoms. The van der Waals surface area contributed by atoms with E-state index in [0.717, 1.165) is 25.2 Å². The number of benzene rings is 1. The minimum atomic E-state index is -3.49. The van der Waals surface area contributed by atoms with Crippen LogP contribution >= 0.6 is 0 Å². The third-order valence-corrected chi connectivity index (χ3v) is 7.55. The van der Waals surface area contributed by atoms with E-state index in [4.69, 9.17) is 0 Å². The second-order valence-corrected chi connectivity index (χ2v) is 9.42. The Morgan fingerprint density at radius 3 is 2.75 bits per heavy atom. The largest absolute Gasteiger partial charge is 0.506 e. The molecular formula is C20H26N4O3S. The zero-order valence-corrected chi connectivity index (χ0v) is 16.8. The van der Waals surface area contributed by atoms with Crippen molar-refractivity contribution in [2.45, 2.75) is 36.9 Å². The third kappa shape index (κ3) is 3.77. The zero-order valence-electron chi connectivity index (χ0n) is 16.0. The number of sulfonamides is 1. The minimum absolute atomic E-state index is 0.0453. The van der Waals surface area contributed by atoms with Crippen LogP contribution in [-0.2, 0) is 16.6 Å². The normalized spacial score (nSPS) is 25.1. The number of aromatic nitrogens is 1. The van der Waals surface area contributed by atoms with E-state index < -0.39 is 10.0 Å². The molecule has 0 saturated carbocycles. The molecule has 7 nitrogen and oxygen atoms in total. The van der Waals surface area contributed by atoms with Crippen molar-refractivity contribution >= 4 is 10.0 Å². The highest BCUT2D eigenvalue weighted by Gasteiger charge is 2.43. The maximum atomic E-state index is 13.1. The molecule has 4 rings (SSSR count). The van der Waals surface area contributed by atoms with E-state index in [1.807, 2.05) is 13.0 Å². The molecule has 0 aliphatic carbocycles. The van der Waals surface area contributed by atoms with E-state index in [9.17, 15) is 13.5 Å². The molecule has 3 heterocycles. The van der Waals surface area contributed by atoms with Crippen LogP contribution in [-0.4, -0.2) is 66.0 Å². The Labute approximate surface area is 166 Å². The van der Waals surface area contributed by atoms with Crippen molar-refractivity contribution in [1.82, 2.24) is 19.5 Å². The van der Waals surface area contributed by atoms with Crippen LogP contribution in [0.25, 0.3) is 0 Å². The molecule has 1 aromatic heterocycles. The summed E-state index contributed by atoms with van der Waals surface area (Å²) in [7, 11) is -3.49. The van der Waals surface area contributed by atoms with E-state index in [1.54, 1.807) is 40.7 Å². The first-order valence-corrected chi connectivity index (χ1v) is 11.1. The van der Waals surface area contributed by atoms with Crippen LogP contribution in [0.15, 0.2) is 47.4 Å². The molecule has 1 aromatic carbocycles. The molecular weight excluding hydrogens is 376 g/mol. The van der Waals surface area contributed by atoms with Gasteiger partial charge in [0.2, 0.25) is 10.0 Å². The zero-order chi connectivity index (χ0) is 19.7. The maximum Gasteiger partial charge on any atom is 0.243 e. The minimum Gasteiger partial charge on any atom is -0.506 e. The quantitative estimate of drug-likeness (QED) is 0.758.